The quantitative estimate of drug-likeness (QED) is 0.790. The molecule has 2 N–H and O–H groups in total. The number of halogens is 4. The molecule has 1 fully saturated rings. The van der Waals surface area contributed by atoms with Crippen LogP contribution >= 0.6 is 23.7 Å². The van der Waals surface area contributed by atoms with Crippen LogP contribution in [-0.4, -0.2) is 30.5 Å². The van der Waals surface area contributed by atoms with Gasteiger partial charge in [-0.25, -0.2) is 4.98 Å². The van der Waals surface area contributed by atoms with E-state index in [1.807, 2.05) is 0 Å². The van der Waals surface area contributed by atoms with E-state index in [-0.39, 0.29) is 18.3 Å². The van der Waals surface area contributed by atoms with Crippen molar-refractivity contribution in [2.75, 3.05) is 19.6 Å². The Kier molecular flexibility index (Phi) is 8.45. The Morgan fingerprint density at radius 2 is 2.12 bits per heavy atom. The van der Waals surface area contributed by atoms with Gasteiger partial charge in [-0.3, -0.25) is 4.79 Å². The Balaban J connectivity index is 0.00000288. The van der Waals surface area contributed by atoms with Crippen LogP contribution in [0.15, 0.2) is 5.38 Å². The average molecular weight is 386 g/mol. The van der Waals surface area contributed by atoms with E-state index in [2.05, 4.69) is 22.5 Å². The molecule has 1 unspecified atom stereocenters. The zero-order valence-corrected chi connectivity index (χ0v) is 15.1. The number of hydrogen-bond donors (Lipinski definition) is 2. The molecule has 0 aromatic carbocycles. The summed E-state index contributed by atoms with van der Waals surface area (Å²) in [6, 6.07) is 0. The summed E-state index contributed by atoms with van der Waals surface area (Å²) in [5.74, 6) is 0.854. The fourth-order valence-corrected chi connectivity index (χ4v) is 3.61. The van der Waals surface area contributed by atoms with E-state index in [0.717, 1.165) is 42.6 Å². The van der Waals surface area contributed by atoms with Crippen molar-refractivity contribution in [1.29, 1.82) is 0 Å². The van der Waals surface area contributed by atoms with Gasteiger partial charge in [-0.05, 0) is 37.8 Å². The lowest BCUT2D eigenvalue weighted by Crippen LogP contribution is -2.34. The molecule has 4 nitrogen and oxygen atoms in total. The summed E-state index contributed by atoms with van der Waals surface area (Å²) >= 11 is 0.975. The van der Waals surface area contributed by atoms with Gasteiger partial charge in [0.05, 0.1) is 5.01 Å². The van der Waals surface area contributed by atoms with Crippen molar-refractivity contribution in [3.63, 3.8) is 0 Å². The highest BCUT2D eigenvalue weighted by Gasteiger charge is 2.33. The van der Waals surface area contributed by atoms with Crippen molar-refractivity contribution < 1.29 is 18.0 Å². The molecule has 9 heteroatoms. The molecule has 0 aliphatic carbocycles. The van der Waals surface area contributed by atoms with E-state index in [4.69, 9.17) is 0 Å². The van der Waals surface area contributed by atoms with Crippen molar-refractivity contribution in [2.24, 2.45) is 11.8 Å². The normalized spacial score (nSPS) is 17.2. The molecule has 0 bridgehead atoms. The smallest absolute Gasteiger partial charge is 0.356 e. The molecule has 2 rings (SSSR count). The Labute approximate surface area is 150 Å². The van der Waals surface area contributed by atoms with Gasteiger partial charge < -0.3 is 10.6 Å². The third-order valence-electron chi connectivity index (χ3n) is 4.20. The molecule has 0 saturated carbocycles. The molecule has 1 saturated heterocycles. The predicted octanol–water partition coefficient (Wildman–Crippen LogP) is 3.27. The highest BCUT2D eigenvalue weighted by molar-refractivity contribution is 7.09. The number of hydrogen-bond acceptors (Lipinski definition) is 4. The fourth-order valence-electron chi connectivity index (χ4n) is 2.81. The Morgan fingerprint density at radius 3 is 2.71 bits per heavy atom. The molecule has 2 heterocycles. The Bertz CT molecular complexity index is 518. The van der Waals surface area contributed by atoms with Gasteiger partial charge in [0.15, 0.2) is 5.69 Å². The van der Waals surface area contributed by atoms with Gasteiger partial charge >= 0.3 is 6.18 Å². The summed E-state index contributed by atoms with van der Waals surface area (Å²) in [5.41, 5.74) is -0.858. The first-order valence-corrected chi connectivity index (χ1v) is 8.73. The maximum absolute atomic E-state index is 12.4. The van der Waals surface area contributed by atoms with Crippen LogP contribution < -0.4 is 10.6 Å². The summed E-state index contributed by atoms with van der Waals surface area (Å²) in [6.07, 6.45) is -1.42. The maximum atomic E-state index is 12.4. The van der Waals surface area contributed by atoms with E-state index < -0.39 is 11.9 Å². The molecule has 1 aromatic rings. The number of amides is 1. The van der Waals surface area contributed by atoms with Crippen molar-refractivity contribution in [3.8, 4) is 0 Å². The third kappa shape index (κ3) is 6.57. The van der Waals surface area contributed by atoms with Crippen LogP contribution in [0.3, 0.4) is 0 Å². The lowest BCUT2D eigenvalue weighted by molar-refractivity contribution is -0.140. The molecule has 138 valence electrons. The number of nitrogens with one attached hydrogen (secondary N) is 2. The average Bonchev–Trinajstić information content (AvgIpc) is 2.97. The molecule has 1 atom stereocenters. The van der Waals surface area contributed by atoms with Gasteiger partial charge in [0.25, 0.3) is 0 Å². The number of nitrogens with zero attached hydrogens (tertiary/aromatic N) is 1. The summed E-state index contributed by atoms with van der Waals surface area (Å²) in [7, 11) is 0. The first kappa shape index (κ1) is 21.2. The van der Waals surface area contributed by atoms with Gasteiger partial charge in [0.1, 0.15) is 0 Å². The number of thiazole rings is 1. The van der Waals surface area contributed by atoms with Crippen LogP contribution in [0.5, 0.6) is 0 Å². The summed E-state index contributed by atoms with van der Waals surface area (Å²) in [4.78, 5) is 15.5. The van der Waals surface area contributed by atoms with Crippen LogP contribution in [0.2, 0.25) is 0 Å². The van der Waals surface area contributed by atoms with E-state index >= 15 is 0 Å². The molecule has 0 radical (unpaired) electrons. The topological polar surface area (TPSA) is 54.0 Å². The van der Waals surface area contributed by atoms with Crippen molar-refractivity contribution in [1.82, 2.24) is 15.6 Å². The van der Waals surface area contributed by atoms with Crippen LogP contribution in [0, 0.1) is 11.8 Å². The lowest BCUT2D eigenvalue weighted by Gasteiger charge is -2.27. The predicted molar refractivity (Wildman–Crippen MR) is 90.5 cm³/mol. The zero-order chi connectivity index (χ0) is 16.9. The van der Waals surface area contributed by atoms with Crippen molar-refractivity contribution >= 4 is 29.7 Å². The first-order valence-electron chi connectivity index (χ1n) is 7.85. The Morgan fingerprint density at radius 1 is 1.46 bits per heavy atom. The minimum atomic E-state index is -4.40. The van der Waals surface area contributed by atoms with E-state index in [1.54, 1.807) is 0 Å². The molecule has 1 aliphatic heterocycles. The molecular weight excluding hydrogens is 363 g/mol. The molecule has 24 heavy (non-hydrogen) atoms. The van der Waals surface area contributed by atoms with Crippen molar-refractivity contribution in [2.45, 2.75) is 38.8 Å². The molecule has 0 spiro atoms. The minimum absolute atomic E-state index is 0. The minimum Gasteiger partial charge on any atom is -0.356 e. The van der Waals surface area contributed by atoms with E-state index in [9.17, 15) is 18.0 Å². The number of piperidine rings is 1. The fraction of sp³-hybridized carbons (Fsp3) is 0.733. The molecule has 1 aromatic heterocycles. The van der Waals surface area contributed by atoms with Crippen LogP contribution in [0.1, 0.15) is 36.9 Å². The van der Waals surface area contributed by atoms with Crippen molar-refractivity contribution in [3.05, 3.63) is 16.1 Å². The Hall–Kier alpha value is -0.860. The van der Waals surface area contributed by atoms with Gasteiger partial charge in [-0.15, -0.1) is 23.7 Å². The lowest BCUT2D eigenvalue weighted by atomic mass is 9.84. The second-order valence-electron chi connectivity index (χ2n) is 5.99. The first-order chi connectivity index (χ1) is 10.9. The summed E-state index contributed by atoms with van der Waals surface area (Å²) in [6.45, 7) is 4.42. The standard InChI is InChI=1S/C15H22F3N3OS.ClH/c1-10(11-2-5-19-6-3-11)8-13(22)20-7-4-14-21-12(9-23-14)15(16,17)18;/h9-11,19H,2-8H2,1H3,(H,20,22);1H. The second-order valence-corrected chi connectivity index (χ2v) is 6.94. The zero-order valence-electron chi connectivity index (χ0n) is 13.5. The number of carbonyl (C=O) groups is 1. The number of alkyl halides is 3. The van der Waals surface area contributed by atoms with Crippen LogP contribution in [0.4, 0.5) is 13.2 Å². The van der Waals surface area contributed by atoms with E-state index in [1.165, 1.54) is 0 Å². The molecule has 1 aliphatic rings. The number of rotatable bonds is 6. The van der Waals surface area contributed by atoms with Gasteiger partial charge in [0.2, 0.25) is 5.91 Å². The third-order valence-corrected chi connectivity index (χ3v) is 5.11. The largest absolute Gasteiger partial charge is 0.434 e. The highest BCUT2D eigenvalue weighted by atomic mass is 35.5. The monoisotopic (exact) mass is 385 g/mol. The summed E-state index contributed by atoms with van der Waals surface area (Å²) in [5, 5.41) is 7.48. The van der Waals surface area contributed by atoms with E-state index in [0.29, 0.717) is 36.2 Å². The van der Waals surface area contributed by atoms with Crippen LogP contribution in [-0.2, 0) is 17.4 Å². The maximum Gasteiger partial charge on any atom is 0.434 e. The highest BCUT2D eigenvalue weighted by Crippen LogP contribution is 2.30. The molecular formula is C15H23ClF3N3OS. The van der Waals surface area contributed by atoms with Crippen LogP contribution in [0.25, 0.3) is 0 Å². The summed E-state index contributed by atoms with van der Waals surface area (Å²) < 4.78 is 37.3. The number of aromatic nitrogens is 1. The van der Waals surface area contributed by atoms with Gasteiger partial charge in [0, 0.05) is 24.8 Å². The molecule has 1 amide bonds. The number of carbonyl (C=O) groups excluding carboxylic acids is 1. The van der Waals surface area contributed by atoms with Gasteiger partial charge in [-0.2, -0.15) is 13.2 Å². The van der Waals surface area contributed by atoms with Gasteiger partial charge in [-0.1, -0.05) is 6.92 Å². The SMILES string of the molecule is CC(CC(=O)NCCc1nc(C(F)(F)F)cs1)C1CCNCC1.Cl. The second kappa shape index (κ2) is 9.58.